The fourth-order valence-electron chi connectivity index (χ4n) is 2.61. The summed E-state index contributed by atoms with van der Waals surface area (Å²) in [6.45, 7) is 6.04. The Kier molecular flexibility index (Phi) is 8.08. The molecule has 1 aromatic rings. The maximum Gasteiger partial charge on any atom is 0.191 e. The van der Waals surface area contributed by atoms with Gasteiger partial charge in [-0.25, -0.2) is 13.8 Å². The van der Waals surface area contributed by atoms with Crippen LogP contribution in [0.15, 0.2) is 23.2 Å². The Balaban J connectivity index is 1.85. The highest BCUT2D eigenvalue weighted by molar-refractivity contribution is 5.79. The lowest BCUT2D eigenvalue weighted by Crippen LogP contribution is -2.42. The van der Waals surface area contributed by atoms with Gasteiger partial charge in [-0.3, -0.25) is 4.90 Å². The minimum absolute atomic E-state index is 0.0922. The number of aliphatic imine (C=N–C) groups is 1. The molecule has 0 bridgehead atoms. The number of methoxy groups -OCH3 is 1. The zero-order chi connectivity index (χ0) is 18.1. The third kappa shape index (κ3) is 6.96. The summed E-state index contributed by atoms with van der Waals surface area (Å²) >= 11 is 0. The average Bonchev–Trinajstić information content (AvgIpc) is 3.43. The number of ether oxygens (including phenoxy) is 1. The molecule has 0 atom stereocenters. The molecule has 140 valence electrons. The highest BCUT2D eigenvalue weighted by atomic mass is 19.1. The van der Waals surface area contributed by atoms with Crippen molar-refractivity contribution in [3.63, 3.8) is 0 Å². The van der Waals surface area contributed by atoms with E-state index in [0.717, 1.165) is 38.4 Å². The molecule has 2 N–H and O–H groups in total. The quantitative estimate of drug-likeness (QED) is 0.499. The second kappa shape index (κ2) is 10.3. The van der Waals surface area contributed by atoms with Crippen LogP contribution in [0.25, 0.3) is 0 Å². The maximum absolute atomic E-state index is 13.7. The fourth-order valence-corrected chi connectivity index (χ4v) is 2.61. The van der Waals surface area contributed by atoms with Gasteiger partial charge < -0.3 is 15.4 Å². The van der Waals surface area contributed by atoms with Crippen molar-refractivity contribution in [1.82, 2.24) is 15.5 Å². The van der Waals surface area contributed by atoms with Crippen LogP contribution < -0.4 is 10.6 Å². The minimum atomic E-state index is -0.456. The van der Waals surface area contributed by atoms with Gasteiger partial charge in [-0.05, 0) is 38.0 Å². The van der Waals surface area contributed by atoms with E-state index in [1.54, 1.807) is 7.11 Å². The zero-order valence-electron chi connectivity index (χ0n) is 15.0. The third-order valence-electron chi connectivity index (χ3n) is 4.10. The van der Waals surface area contributed by atoms with Gasteiger partial charge in [0.25, 0.3) is 0 Å². The molecule has 0 saturated heterocycles. The number of benzene rings is 1. The number of guanidine groups is 1. The SMILES string of the molecule is CCNC(=NCc1cc(F)ccc1F)NCCN(CCOC)C1CC1. The summed E-state index contributed by atoms with van der Waals surface area (Å²) in [6.07, 6.45) is 2.49. The van der Waals surface area contributed by atoms with Gasteiger partial charge in [-0.15, -0.1) is 0 Å². The second-order valence-corrected chi connectivity index (χ2v) is 6.12. The van der Waals surface area contributed by atoms with Crippen LogP contribution >= 0.6 is 0 Å². The van der Waals surface area contributed by atoms with Gasteiger partial charge in [0.1, 0.15) is 11.6 Å². The van der Waals surface area contributed by atoms with Gasteiger partial charge in [0.05, 0.1) is 13.2 Å². The molecule has 25 heavy (non-hydrogen) atoms. The van der Waals surface area contributed by atoms with Crippen molar-refractivity contribution < 1.29 is 13.5 Å². The van der Waals surface area contributed by atoms with E-state index in [0.29, 0.717) is 18.5 Å². The summed E-state index contributed by atoms with van der Waals surface area (Å²) in [5, 5.41) is 6.38. The van der Waals surface area contributed by atoms with E-state index >= 15 is 0 Å². The molecule has 5 nitrogen and oxygen atoms in total. The molecule has 7 heteroatoms. The first kappa shape index (κ1) is 19.6. The second-order valence-electron chi connectivity index (χ2n) is 6.12. The topological polar surface area (TPSA) is 48.9 Å². The van der Waals surface area contributed by atoms with Gasteiger partial charge in [-0.1, -0.05) is 0 Å². The largest absolute Gasteiger partial charge is 0.383 e. The molecule has 0 aliphatic heterocycles. The molecule has 1 saturated carbocycles. The lowest BCUT2D eigenvalue weighted by Gasteiger charge is -2.22. The first-order valence-corrected chi connectivity index (χ1v) is 8.83. The number of nitrogens with zero attached hydrogens (tertiary/aromatic N) is 2. The number of hydrogen-bond donors (Lipinski definition) is 2. The van der Waals surface area contributed by atoms with E-state index in [1.165, 1.54) is 18.9 Å². The normalized spacial score (nSPS) is 14.8. The Labute approximate surface area is 148 Å². The molecular weight excluding hydrogens is 326 g/mol. The summed E-state index contributed by atoms with van der Waals surface area (Å²) in [5.74, 6) is -0.295. The minimum Gasteiger partial charge on any atom is -0.383 e. The fraction of sp³-hybridized carbons (Fsp3) is 0.611. The van der Waals surface area contributed by atoms with E-state index in [1.807, 2.05) is 6.92 Å². The number of hydrogen-bond acceptors (Lipinski definition) is 3. The van der Waals surface area contributed by atoms with Crippen LogP contribution in [0, 0.1) is 11.6 Å². The van der Waals surface area contributed by atoms with Crippen molar-refractivity contribution in [3.05, 3.63) is 35.4 Å². The number of rotatable bonds is 10. The van der Waals surface area contributed by atoms with Crippen LogP contribution in [0.4, 0.5) is 8.78 Å². The van der Waals surface area contributed by atoms with Gasteiger partial charge in [0.15, 0.2) is 5.96 Å². The maximum atomic E-state index is 13.7. The van der Waals surface area contributed by atoms with Crippen molar-refractivity contribution in [2.24, 2.45) is 4.99 Å². The monoisotopic (exact) mass is 354 g/mol. The number of nitrogens with one attached hydrogen (secondary N) is 2. The molecule has 1 fully saturated rings. The predicted molar refractivity (Wildman–Crippen MR) is 95.6 cm³/mol. The first-order valence-electron chi connectivity index (χ1n) is 8.83. The van der Waals surface area contributed by atoms with E-state index in [4.69, 9.17) is 4.74 Å². The molecule has 0 amide bonds. The predicted octanol–water partition coefficient (Wildman–Crippen LogP) is 2.13. The zero-order valence-corrected chi connectivity index (χ0v) is 15.0. The molecule has 0 radical (unpaired) electrons. The Morgan fingerprint density at radius 3 is 2.76 bits per heavy atom. The summed E-state index contributed by atoms with van der Waals surface area (Å²) in [5.41, 5.74) is 0.247. The molecule has 1 aromatic carbocycles. The van der Waals surface area contributed by atoms with Gasteiger partial charge in [0, 0.05) is 44.9 Å². The molecule has 0 aromatic heterocycles. The van der Waals surface area contributed by atoms with Crippen molar-refractivity contribution in [2.45, 2.75) is 32.4 Å². The van der Waals surface area contributed by atoms with E-state index in [2.05, 4.69) is 20.5 Å². The lowest BCUT2D eigenvalue weighted by molar-refractivity contribution is 0.144. The molecular formula is C18H28F2N4O. The van der Waals surface area contributed by atoms with Crippen LogP contribution in [-0.4, -0.2) is 56.8 Å². The van der Waals surface area contributed by atoms with Crippen molar-refractivity contribution in [2.75, 3.05) is 39.9 Å². The Morgan fingerprint density at radius 2 is 2.08 bits per heavy atom. The van der Waals surface area contributed by atoms with Crippen LogP contribution in [-0.2, 0) is 11.3 Å². The first-order chi connectivity index (χ1) is 12.1. The van der Waals surface area contributed by atoms with E-state index in [-0.39, 0.29) is 12.1 Å². The standard InChI is InChI=1S/C18H28F2N4O/c1-3-21-18(23-13-14-12-15(19)4-7-17(14)20)22-8-9-24(10-11-25-2)16-5-6-16/h4,7,12,16H,3,5-6,8-11,13H2,1-2H3,(H2,21,22,23). The highest BCUT2D eigenvalue weighted by Gasteiger charge is 2.28. The smallest absolute Gasteiger partial charge is 0.191 e. The van der Waals surface area contributed by atoms with Gasteiger partial charge in [0.2, 0.25) is 0 Å². The Hall–Kier alpha value is -1.73. The Bertz CT molecular complexity index is 564. The molecule has 1 aliphatic carbocycles. The summed E-state index contributed by atoms with van der Waals surface area (Å²) in [7, 11) is 1.71. The molecule has 2 rings (SSSR count). The van der Waals surface area contributed by atoms with Gasteiger partial charge >= 0.3 is 0 Å². The highest BCUT2D eigenvalue weighted by Crippen LogP contribution is 2.25. The van der Waals surface area contributed by atoms with Crippen molar-refractivity contribution >= 4 is 5.96 Å². The van der Waals surface area contributed by atoms with E-state index in [9.17, 15) is 8.78 Å². The van der Waals surface area contributed by atoms with Crippen molar-refractivity contribution in [1.29, 1.82) is 0 Å². The lowest BCUT2D eigenvalue weighted by atomic mass is 10.2. The van der Waals surface area contributed by atoms with E-state index < -0.39 is 11.6 Å². The summed E-state index contributed by atoms with van der Waals surface area (Å²) in [4.78, 5) is 6.76. The summed E-state index contributed by atoms with van der Waals surface area (Å²) < 4.78 is 32.1. The average molecular weight is 354 g/mol. The van der Waals surface area contributed by atoms with Crippen molar-refractivity contribution in [3.8, 4) is 0 Å². The van der Waals surface area contributed by atoms with Crippen LogP contribution in [0.3, 0.4) is 0 Å². The summed E-state index contributed by atoms with van der Waals surface area (Å²) in [6, 6.07) is 4.09. The molecule has 0 heterocycles. The number of halogens is 2. The molecule has 0 spiro atoms. The molecule has 0 unspecified atom stereocenters. The third-order valence-corrected chi connectivity index (χ3v) is 4.10. The van der Waals surface area contributed by atoms with Gasteiger partial charge in [-0.2, -0.15) is 0 Å². The Morgan fingerprint density at radius 1 is 1.28 bits per heavy atom. The van der Waals surface area contributed by atoms with Crippen LogP contribution in [0.1, 0.15) is 25.3 Å². The molecule has 1 aliphatic rings. The van der Waals surface area contributed by atoms with Crippen LogP contribution in [0.2, 0.25) is 0 Å². The van der Waals surface area contributed by atoms with Crippen LogP contribution in [0.5, 0.6) is 0 Å².